The molecule has 0 saturated heterocycles. The van der Waals surface area contributed by atoms with E-state index < -0.39 is 0 Å². The van der Waals surface area contributed by atoms with E-state index >= 15 is 0 Å². The maximum absolute atomic E-state index is 12.8. The lowest BCUT2D eigenvalue weighted by Crippen LogP contribution is -2.21. The molecule has 0 aliphatic heterocycles. The van der Waals surface area contributed by atoms with Crippen molar-refractivity contribution in [2.45, 2.75) is 31.3 Å². The molecule has 0 bridgehead atoms. The number of thioether (sulfide) groups is 1. The van der Waals surface area contributed by atoms with E-state index in [4.69, 9.17) is 5.10 Å². The second kappa shape index (κ2) is 8.32. The summed E-state index contributed by atoms with van der Waals surface area (Å²) >= 11 is 2.61. The minimum Gasteiger partial charge on any atom is -0.310 e. The van der Waals surface area contributed by atoms with Crippen LogP contribution >= 0.6 is 23.1 Å². The number of nitrogens with one attached hydrogen (secondary N) is 1. The molecule has 1 aromatic carbocycles. The molecule has 9 heteroatoms. The van der Waals surface area contributed by atoms with Crippen LogP contribution < -0.4 is 10.9 Å². The van der Waals surface area contributed by atoms with Crippen LogP contribution in [0.4, 0.5) is 5.82 Å². The van der Waals surface area contributed by atoms with Crippen LogP contribution in [-0.2, 0) is 17.3 Å². The summed E-state index contributed by atoms with van der Waals surface area (Å²) in [4.78, 5) is 29.7. The molecule has 0 radical (unpaired) electrons. The quantitative estimate of drug-likeness (QED) is 0.362. The van der Waals surface area contributed by atoms with E-state index in [1.807, 2.05) is 47.8 Å². The Kier molecular flexibility index (Phi) is 5.72. The van der Waals surface area contributed by atoms with E-state index in [1.165, 1.54) is 27.7 Å². The third-order valence-electron chi connectivity index (χ3n) is 4.72. The first-order valence-corrected chi connectivity index (χ1v) is 11.6. The van der Waals surface area contributed by atoms with Gasteiger partial charge in [0.2, 0.25) is 5.91 Å². The molecule has 1 N–H and O–H groups in total. The number of rotatable bonds is 5. The fourth-order valence-corrected chi connectivity index (χ4v) is 4.59. The Hall–Kier alpha value is -2.91. The van der Waals surface area contributed by atoms with Gasteiger partial charge in [-0.15, -0.1) is 11.3 Å². The van der Waals surface area contributed by atoms with Gasteiger partial charge >= 0.3 is 0 Å². The number of amides is 1. The zero-order valence-electron chi connectivity index (χ0n) is 17.7. The Morgan fingerprint density at radius 2 is 1.94 bits per heavy atom. The van der Waals surface area contributed by atoms with Crippen LogP contribution in [0.3, 0.4) is 0 Å². The fraction of sp³-hybridized carbons (Fsp3) is 0.273. The van der Waals surface area contributed by atoms with Crippen molar-refractivity contribution < 1.29 is 4.79 Å². The highest BCUT2D eigenvalue weighted by Crippen LogP contribution is 2.27. The first-order chi connectivity index (χ1) is 14.7. The molecular weight excluding hydrogens is 430 g/mol. The Labute approximate surface area is 188 Å². The van der Waals surface area contributed by atoms with E-state index in [0.29, 0.717) is 21.2 Å². The van der Waals surface area contributed by atoms with Gasteiger partial charge in [-0.3, -0.25) is 14.2 Å². The fourth-order valence-electron chi connectivity index (χ4n) is 3.01. The number of aromatic nitrogens is 4. The van der Waals surface area contributed by atoms with Crippen LogP contribution in [-0.4, -0.2) is 31.0 Å². The normalized spacial score (nSPS) is 11.7. The molecule has 0 saturated carbocycles. The van der Waals surface area contributed by atoms with Gasteiger partial charge in [0.1, 0.15) is 10.5 Å². The molecule has 4 rings (SSSR count). The molecule has 0 aliphatic carbocycles. The highest BCUT2D eigenvalue weighted by molar-refractivity contribution is 7.99. The lowest BCUT2D eigenvalue weighted by molar-refractivity contribution is -0.113. The zero-order chi connectivity index (χ0) is 22.2. The van der Waals surface area contributed by atoms with Crippen molar-refractivity contribution >= 4 is 45.0 Å². The minimum atomic E-state index is -0.192. The molecule has 3 heterocycles. The monoisotopic (exact) mass is 453 g/mol. The second-order valence-electron chi connectivity index (χ2n) is 8.14. The summed E-state index contributed by atoms with van der Waals surface area (Å²) in [6.45, 7) is 6.25. The summed E-state index contributed by atoms with van der Waals surface area (Å²) in [6, 6.07) is 13.4. The largest absolute Gasteiger partial charge is 0.310 e. The molecule has 0 aliphatic rings. The second-order valence-corrected chi connectivity index (χ2v) is 10.0. The predicted molar refractivity (Wildman–Crippen MR) is 126 cm³/mol. The number of carbonyl (C=O) groups excluding carboxylic acids is 1. The summed E-state index contributed by atoms with van der Waals surface area (Å²) < 4.78 is 3.86. The predicted octanol–water partition coefficient (Wildman–Crippen LogP) is 4.21. The third kappa shape index (κ3) is 4.42. The van der Waals surface area contributed by atoms with Crippen molar-refractivity contribution in [1.29, 1.82) is 0 Å². The minimum absolute atomic E-state index is 0.0973. The number of para-hydroxylation sites is 1. The van der Waals surface area contributed by atoms with Crippen molar-refractivity contribution in [1.82, 2.24) is 19.3 Å². The first kappa shape index (κ1) is 21.3. The molecular formula is C22H23N5O2S2. The average Bonchev–Trinajstić information content (AvgIpc) is 3.37. The first-order valence-electron chi connectivity index (χ1n) is 9.77. The van der Waals surface area contributed by atoms with Crippen molar-refractivity contribution in [3.63, 3.8) is 0 Å². The van der Waals surface area contributed by atoms with Gasteiger partial charge in [0.25, 0.3) is 5.56 Å². The molecule has 160 valence electrons. The highest BCUT2D eigenvalue weighted by atomic mass is 32.2. The maximum atomic E-state index is 12.8. The van der Waals surface area contributed by atoms with E-state index in [2.05, 4.69) is 31.1 Å². The third-order valence-corrected chi connectivity index (χ3v) is 6.65. The van der Waals surface area contributed by atoms with E-state index in [1.54, 1.807) is 11.7 Å². The van der Waals surface area contributed by atoms with Gasteiger partial charge in [0, 0.05) is 18.5 Å². The molecule has 1 amide bonds. The van der Waals surface area contributed by atoms with Gasteiger partial charge in [0.15, 0.2) is 5.16 Å². The number of fused-ring (bicyclic) bond motifs is 1. The Balaban J connectivity index is 1.56. The molecule has 0 unspecified atom stereocenters. The Morgan fingerprint density at radius 3 is 2.65 bits per heavy atom. The molecule has 4 aromatic rings. The summed E-state index contributed by atoms with van der Waals surface area (Å²) in [5.74, 6) is 0.542. The number of thiophene rings is 1. The van der Waals surface area contributed by atoms with Gasteiger partial charge in [-0.05, 0) is 23.6 Å². The topological polar surface area (TPSA) is 81.8 Å². The Morgan fingerprint density at radius 1 is 1.19 bits per heavy atom. The van der Waals surface area contributed by atoms with Crippen LogP contribution in [0.2, 0.25) is 0 Å². The Bertz CT molecular complexity index is 1300. The van der Waals surface area contributed by atoms with Crippen molar-refractivity contribution in [2.24, 2.45) is 7.05 Å². The smallest absolute Gasteiger partial charge is 0.271 e. The summed E-state index contributed by atoms with van der Waals surface area (Å²) in [7, 11) is 1.68. The highest BCUT2D eigenvalue weighted by Gasteiger charge is 2.21. The van der Waals surface area contributed by atoms with Gasteiger partial charge in [-0.25, -0.2) is 9.67 Å². The van der Waals surface area contributed by atoms with E-state index in [9.17, 15) is 9.59 Å². The van der Waals surface area contributed by atoms with Gasteiger partial charge < -0.3 is 5.32 Å². The number of nitrogens with zero attached hydrogens (tertiary/aromatic N) is 4. The van der Waals surface area contributed by atoms with Crippen molar-refractivity contribution in [3.8, 4) is 5.69 Å². The van der Waals surface area contributed by atoms with E-state index in [-0.39, 0.29) is 22.6 Å². The lowest BCUT2D eigenvalue weighted by Gasteiger charge is -2.14. The van der Waals surface area contributed by atoms with Crippen LogP contribution in [0.5, 0.6) is 0 Å². The standard InChI is InChI=1S/C22H23N5O2S2/c1-22(2,3)16-12-17(27(25-16)14-8-6-5-7-9-14)24-18(28)13-31-21-23-15-10-11-30-19(15)20(29)26(21)4/h5-12H,13H2,1-4H3,(H,24,28). The van der Waals surface area contributed by atoms with Gasteiger partial charge in [-0.2, -0.15) is 5.10 Å². The van der Waals surface area contributed by atoms with Gasteiger partial charge in [0.05, 0.1) is 22.7 Å². The number of carbonyl (C=O) groups is 1. The number of hydrogen-bond acceptors (Lipinski definition) is 6. The number of anilines is 1. The van der Waals surface area contributed by atoms with Crippen LogP contribution in [0, 0.1) is 0 Å². The van der Waals surface area contributed by atoms with Gasteiger partial charge in [-0.1, -0.05) is 50.7 Å². The lowest BCUT2D eigenvalue weighted by atomic mass is 9.92. The van der Waals surface area contributed by atoms with Crippen LogP contribution in [0.1, 0.15) is 26.5 Å². The summed E-state index contributed by atoms with van der Waals surface area (Å²) in [6.07, 6.45) is 0. The van der Waals surface area contributed by atoms with Crippen molar-refractivity contribution in [2.75, 3.05) is 11.1 Å². The molecule has 31 heavy (non-hydrogen) atoms. The summed E-state index contributed by atoms with van der Waals surface area (Å²) in [5.41, 5.74) is 2.15. The number of hydrogen-bond donors (Lipinski definition) is 1. The SMILES string of the molecule is Cn1c(SCC(=O)Nc2cc(C(C)(C)C)nn2-c2ccccc2)nc2ccsc2c1=O. The van der Waals surface area contributed by atoms with Crippen LogP contribution in [0.25, 0.3) is 15.9 Å². The molecule has 0 atom stereocenters. The molecule has 0 spiro atoms. The molecule has 3 aromatic heterocycles. The van der Waals surface area contributed by atoms with E-state index in [0.717, 1.165) is 11.4 Å². The van der Waals surface area contributed by atoms with Crippen LogP contribution in [0.15, 0.2) is 57.8 Å². The zero-order valence-corrected chi connectivity index (χ0v) is 19.4. The van der Waals surface area contributed by atoms with Crippen molar-refractivity contribution in [3.05, 3.63) is 63.9 Å². The molecule has 0 fully saturated rings. The number of benzene rings is 1. The maximum Gasteiger partial charge on any atom is 0.271 e. The summed E-state index contributed by atoms with van der Waals surface area (Å²) in [5, 5.41) is 10.0. The average molecular weight is 454 g/mol. The molecule has 7 nitrogen and oxygen atoms in total.